The molecule has 0 radical (unpaired) electrons. The van der Waals surface area contributed by atoms with Gasteiger partial charge in [0.2, 0.25) is 0 Å². The van der Waals surface area contributed by atoms with E-state index in [0.29, 0.717) is 0 Å². The molecule has 3 rings (SSSR count). The fourth-order valence-electron chi connectivity index (χ4n) is 3.32. The lowest BCUT2D eigenvalue weighted by Gasteiger charge is -2.29. The van der Waals surface area contributed by atoms with Crippen molar-refractivity contribution in [2.24, 2.45) is 5.92 Å². The molecule has 1 aliphatic heterocycles. The first kappa shape index (κ1) is 14.6. The molecule has 1 aromatic carbocycles. The summed E-state index contributed by atoms with van der Waals surface area (Å²) in [6.45, 7) is 7.90. The Labute approximate surface area is 127 Å². The second-order valence-electron chi connectivity index (χ2n) is 6.18. The number of hydrogen-bond acceptors (Lipinski definition) is 3. The van der Waals surface area contributed by atoms with E-state index in [4.69, 9.17) is 4.42 Å². The van der Waals surface area contributed by atoms with Crippen molar-refractivity contribution in [2.75, 3.05) is 26.2 Å². The summed E-state index contributed by atoms with van der Waals surface area (Å²) in [5, 5.41) is 4.66. The molecule has 114 valence electrons. The first-order chi connectivity index (χ1) is 10.3. The number of nitrogens with one attached hydrogen (secondary N) is 1. The second kappa shape index (κ2) is 7.10. The maximum atomic E-state index is 5.98. The van der Waals surface area contributed by atoms with Gasteiger partial charge in [0.25, 0.3) is 0 Å². The molecule has 21 heavy (non-hydrogen) atoms. The third-order valence-corrected chi connectivity index (χ3v) is 4.37. The van der Waals surface area contributed by atoms with Gasteiger partial charge < -0.3 is 9.73 Å². The van der Waals surface area contributed by atoms with Crippen LogP contribution in [0.5, 0.6) is 0 Å². The number of fused-ring (bicyclic) bond motifs is 1. The highest BCUT2D eigenvalue weighted by Gasteiger charge is 2.17. The molecule has 0 bridgehead atoms. The van der Waals surface area contributed by atoms with Crippen molar-refractivity contribution >= 4 is 11.0 Å². The summed E-state index contributed by atoms with van der Waals surface area (Å²) in [7, 11) is 0. The molecular weight excluding hydrogens is 260 g/mol. The molecular formula is C18H26N2O. The maximum absolute atomic E-state index is 5.98. The van der Waals surface area contributed by atoms with Gasteiger partial charge in [0.15, 0.2) is 0 Å². The minimum atomic E-state index is 0.835. The molecule has 2 heterocycles. The van der Waals surface area contributed by atoms with Crippen LogP contribution in [0.15, 0.2) is 34.7 Å². The Morgan fingerprint density at radius 3 is 2.81 bits per heavy atom. The Morgan fingerprint density at radius 1 is 1.24 bits per heavy atom. The fourth-order valence-corrected chi connectivity index (χ4v) is 3.32. The van der Waals surface area contributed by atoms with E-state index in [9.17, 15) is 0 Å². The number of benzene rings is 1. The molecule has 0 amide bonds. The summed E-state index contributed by atoms with van der Waals surface area (Å²) in [5.74, 6) is 1.93. The SMILES string of the molecule is CCCN(Cc1cc2ccccc2o1)CC1CCNCC1. The van der Waals surface area contributed by atoms with E-state index >= 15 is 0 Å². The number of para-hydroxylation sites is 1. The lowest BCUT2D eigenvalue weighted by molar-refractivity contribution is 0.188. The molecule has 0 saturated carbocycles. The highest BCUT2D eigenvalue weighted by molar-refractivity contribution is 5.77. The quantitative estimate of drug-likeness (QED) is 0.878. The van der Waals surface area contributed by atoms with E-state index in [-0.39, 0.29) is 0 Å². The largest absolute Gasteiger partial charge is 0.460 e. The highest BCUT2D eigenvalue weighted by Crippen LogP contribution is 2.21. The van der Waals surface area contributed by atoms with Crippen LogP contribution in [0.25, 0.3) is 11.0 Å². The van der Waals surface area contributed by atoms with Crippen molar-refractivity contribution < 1.29 is 4.42 Å². The van der Waals surface area contributed by atoms with Crippen molar-refractivity contribution in [1.29, 1.82) is 0 Å². The van der Waals surface area contributed by atoms with Crippen LogP contribution < -0.4 is 5.32 Å². The van der Waals surface area contributed by atoms with Crippen LogP contribution in [0, 0.1) is 5.92 Å². The molecule has 0 aliphatic carbocycles. The van der Waals surface area contributed by atoms with Gasteiger partial charge in [0.1, 0.15) is 11.3 Å². The first-order valence-corrected chi connectivity index (χ1v) is 8.25. The number of rotatable bonds is 6. The van der Waals surface area contributed by atoms with Gasteiger partial charge in [0, 0.05) is 11.9 Å². The summed E-state index contributed by atoms with van der Waals surface area (Å²) in [6, 6.07) is 10.5. The smallest absolute Gasteiger partial charge is 0.134 e. The van der Waals surface area contributed by atoms with Crippen LogP contribution in [0.3, 0.4) is 0 Å². The molecule has 3 nitrogen and oxygen atoms in total. The molecule has 0 atom stereocenters. The van der Waals surface area contributed by atoms with Crippen molar-refractivity contribution in [3.63, 3.8) is 0 Å². The Hall–Kier alpha value is -1.32. The minimum absolute atomic E-state index is 0.835. The second-order valence-corrected chi connectivity index (χ2v) is 6.18. The predicted octanol–water partition coefficient (Wildman–Crippen LogP) is 3.64. The van der Waals surface area contributed by atoms with Gasteiger partial charge in [-0.2, -0.15) is 0 Å². The summed E-state index contributed by atoms with van der Waals surface area (Å²) in [4.78, 5) is 2.56. The number of piperidine rings is 1. The van der Waals surface area contributed by atoms with Crippen LogP contribution >= 0.6 is 0 Å². The van der Waals surface area contributed by atoms with Crippen LogP contribution in [0.2, 0.25) is 0 Å². The monoisotopic (exact) mass is 286 g/mol. The highest BCUT2D eigenvalue weighted by atomic mass is 16.3. The van der Waals surface area contributed by atoms with Crippen molar-refractivity contribution in [3.8, 4) is 0 Å². The number of nitrogens with zero attached hydrogens (tertiary/aromatic N) is 1. The van der Waals surface area contributed by atoms with Crippen molar-refractivity contribution in [2.45, 2.75) is 32.7 Å². The Morgan fingerprint density at radius 2 is 2.05 bits per heavy atom. The zero-order chi connectivity index (χ0) is 14.5. The van der Waals surface area contributed by atoms with Crippen LogP contribution in [-0.2, 0) is 6.54 Å². The Bertz CT molecular complexity index is 524. The van der Waals surface area contributed by atoms with Crippen molar-refractivity contribution in [3.05, 3.63) is 36.1 Å². The van der Waals surface area contributed by atoms with Crippen molar-refractivity contribution in [1.82, 2.24) is 10.2 Å². The standard InChI is InChI=1S/C18H26N2O/c1-2-11-20(13-15-7-9-19-10-8-15)14-17-12-16-5-3-4-6-18(16)21-17/h3-6,12,15,19H,2,7-11,13-14H2,1H3. The molecule has 1 fully saturated rings. The maximum Gasteiger partial charge on any atom is 0.134 e. The van der Waals surface area contributed by atoms with E-state index in [1.165, 1.54) is 44.3 Å². The van der Waals surface area contributed by atoms with Gasteiger partial charge >= 0.3 is 0 Å². The third-order valence-electron chi connectivity index (χ3n) is 4.37. The lowest BCUT2D eigenvalue weighted by Crippen LogP contribution is -2.36. The Kier molecular flexibility index (Phi) is 4.94. The zero-order valence-electron chi connectivity index (χ0n) is 13.0. The van der Waals surface area contributed by atoms with E-state index in [1.807, 2.05) is 6.07 Å². The molecule has 0 spiro atoms. The topological polar surface area (TPSA) is 28.4 Å². The van der Waals surface area contributed by atoms with Crippen LogP contribution in [-0.4, -0.2) is 31.1 Å². The van der Waals surface area contributed by atoms with Gasteiger partial charge in [-0.1, -0.05) is 25.1 Å². The first-order valence-electron chi connectivity index (χ1n) is 8.25. The lowest BCUT2D eigenvalue weighted by atomic mass is 9.97. The minimum Gasteiger partial charge on any atom is -0.460 e. The summed E-state index contributed by atoms with van der Waals surface area (Å²) < 4.78 is 5.98. The van der Waals surface area contributed by atoms with E-state index in [2.05, 4.69) is 41.4 Å². The molecule has 0 unspecified atom stereocenters. The molecule has 1 saturated heterocycles. The van der Waals surface area contributed by atoms with Gasteiger partial charge in [-0.15, -0.1) is 0 Å². The third kappa shape index (κ3) is 3.86. The Balaban J connectivity index is 1.65. The molecule has 3 heteroatoms. The van der Waals surface area contributed by atoms with E-state index in [1.54, 1.807) is 0 Å². The summed E-state index contributed by atoms with van der Waals surface area (Å²) in [6.07, 6.45) is 3.81. The molecule has 1 aliphatic rings. The van der Waals surface area contributed by atoms with Gasteiger partial charge in [-0.05, 0) is 56.9 Å². The van der Waals surface area contributed by atoms with Crippen LogP contribution in [0.1, 0.15) is 31.9 Å². The van der Waals surface area contributed by atoms with Gasteiger partial charge in [-0.3, -0.25) is 4.90 Å². The zero-order valence-corrected chi connectivity index (χ0v) is 13.0. The van der Waals surface area contributed by atoms with E-state index in [0.717, 1.165) is 30.4 Å². The normalized spacial score (nSPS) is 16.9. The average molecular weight is 286 g/mol. The summed E-state index contributed by atoms with van der Waals surface area (Å²) in [5.41, 5.74) is 1.01. The fraction of sp³-hybridized carbons (Fsp3) is 0.556. The molecule has 2 aromatic rings. The number of furan rings is 1. The molecule has 1 aromatic heterocycles. The molecule has 1 N–H and O–H groups in total. The number of hydrogen-bond donors (Lipinski definition) is 1. The average Bonchev–Trinajstić information content (AvgIpc) is 2.90. The predicted molar refractivity (Wildman–Crippen MR) is 87.4 cm³/mol. The van der Waals surface area contributed by atoms with Crippen LogP contribution in [0.4, 0.5) is 0 Å². The van der Waals surface area contributed by atoms with Gasteiger partial charge in [0.05, 0.1) is 6.54 Å². The van der Waals surface area contributed by atoms with E-state index < -0.39 is 0 Å². The summed E-state index contributed by atoms with van der Waals surface area (Å²) >= 11 is 0. The van der Waals surface area contributed by atoms with Gasteiger partial charge in [-0.25, -0.2) is 0 Å².